The van der Waals surface area contributed by atoms with Crippen LogP contribution in [0.2, 0.25) is 0 Å². The third-order valence-corrected chi connectivity index (χ3v) is 7.24. The first kappa shape index (κ1) is 20.4. The van der Waals surface area contributed by atoms with Crippen LogP contribution in [-0.4, -0.2) is 25.4 Å². The monoisotopic (exact) mass is 362 g/mol. The van der Waals surface area contributed by atoms with Gasteiger partial charge in [0, 0.05) is 12.5 Å². The Balaban J connectivity index is 1.33. The SMILES string of the molecule is CCCC1CCC(C2CCC(/C=C/C3CCC(OCC)CC3)CO2)CC1. The van der Waals surface area contributed by atoms with E-state index in [2.05, 4.69) is 26.0 Å². The van der Waals surface area contributed by atoms with Crippen molar-refractivity contribution in [3.05, 3.63) is 12.2 Å². The Labute approximate surface area is 162 Å². The quantitative estimate of drug-likeness (QED) is 0.479. The molecule has 2 heteroatoms. The Morgan fingerprint density at radius 2 is 1.50 bits per heavy atom. The van der Waals surface area contributed by atoms with Gasteiger partial charge in [0.25, 0.3) is 0 Å². The lowest BCUT2D eigenvalue weighted by molar-refractivity contribution is -0.0494. The van der Waals surface area contributed by atoms with E-state index in [0.29, 0.717) is 18.1 Å². The summed E-state index contributed by atoms with van der Waals surface area (Å²) in [7, 11) is 0. The molecular formula is C24H42O2. The van der Waals surface area contributed by atoms with E-state index in [1.807, 2.05) is 0 Å². The van der Waals surface area contributed by atoms with Crippen molar-refractivity contribution in [1.29, 1.82) is 0 Å². The molecule has 0 aromatic carbocycles. The highest BCUT2D eigenvalue weighted by atomic mass is 16.5. The third-order valence-electron chi connectivity index (χ3n) is 7.24. The van der Waals surface area contributed by atoms with Crippen molar-refractivity contribution < 1.29 is 9.47 Å². The number of hydrogen-bond donors (Lipinski definition) is 0. The summed E-state index contributed by atoms with van der Waals surface area (Å²) in [4.78, 5) is 0. The molecule has 0 amide bonds. The van der Waals surface area contributed by atoms with E-state index >= 15 is 0 Å². The molecule has 2 saturated carbocycles. The minimum absolute atomic E-state index is 0.524. The molecule has 0 N–H and O–H groups in total. The maximum atomic E-state index is 6.34. The summed E-state index contributed by atoms with van der Waals surface area (Å²) < 4.78 is 12.1. The van der Waals surface area contributed by atoms with Gasteiger partial charge in [0.2, 0.25) is 0 Å². The minimum atomic E-state index is 0.524. The highest BCUT2D eigenvalue weighted by Gasteiger charge is 2.31. The molecule has 2 unspecified atom stereocenters. The fourth-order valence-corrected chi connectivity index (χ4v) is 5.57. The Kier molecular flexibility index (Phi) is 8.52. The molecule has 150 valence electrons. The predicted molar refractivity (Wildman–Crippen MR) is 109 cm³/mol. The lowest BCUT2D eigenvalue weighted by Crippen LogP contribution is -2.33. The molecule has 0 bridgehead atoms. The van der Waals surface area contributed by atoms with Crippen molar-refractivity contribution in [2.75, 3.05) is 13.2 Å². The molecule has 2 aliphatic carbocycles. The van der Waals surface area contributed by atoms with E-state index in [9.17, 15) is 0 Å². The van der Waals surface area contributed by atoms with Gasteiger partial charge < -0.3 is 9.47 Å². The average Bonchev–Trinajstić information content (AvgIpc) is 2.69. The molecule has 0 spiro atoms. The predicted octanol–water partition coefficient (Wildman–Crippen LogP) is 6.54. The number of allylic oxidation sites excluding steroid dienone is 1. The van der Waals surface area contributed by atoms with Crippen LogP contribution in [0.15, 0.2) is 12.2 Å². The standard InChI is InChI=1S/C24H42O2/c1-3-5-19-8-13-22(14-9-19)24-17-12-21(18-26-24)7-6-20-10-15-23(16-11-20)25-4-2/h6-7,19-24H,3-5,8-18H2,1-2H3/b7-6+. The van der Waals surface area contributed by atoms with Crippen LogP contribution in [-0.2, 0) is 9.47 Å². The first-order valence-electron chi connectivity index (χ1n) is 11.7. The van der Waals surface area contributed by atoms with Crippen LogP contribution < -0.4 is 0 Å². The third kappa shape index (κ3) is 6.09. The van der Waals surface area contributed by atoms with Gasteiger partial charge in [-0.1, -0.05) is 44.8 Å². The summed E-state index contributed by atoms with van der Waals surface area (Å²) in [5.74, 6) is 3.29. The van der Waals surface area contributed by atoms with Gasteiger partial charge in [0.1, 0.15) is 0 Å². The summed E-state index contributed by atoms with van der Waals surface area (Å²) in [5.41, 5.74) is 0. The number of hydrogen-bond acceptors (Lipinski definition) is 2. The van der Waals surface area contributed by atoms with Crippen molar-refractivity contribution in [2.45, 2.75) is 103 Å². The second-order valence-electron chi connectivity index (χ2n) is 9.16. The highest BCUT2D eigenvalue weighted by molar-refractivity contribution is 4.96. The van der Waals surface area contributed by atoms with E-state index in [-0.39, 0.29) is 0 Å². The first-order chi connectivity index (χ1) is 12.8. The molecule has 1 aliphatic heterocycles. The van der Waals surface area contributed by atoms with Gasteiger partial charge in [0.15, 0.2) is 0 Å². The van der Waals surface area contributed by atoms with Gasteiger partial charge in [-0.2, -0.15) is 0 Å². The van der Waals surface area contributed by atoms with E-state index < -0.39 is 0 Å². The van der Waals surface area contributed by atoms with Crippen molar-refractivity contribution in [3.63, 3.8) is 0 Å². The van der Waals surface area contributed by atoms with Crippen LogP contribution in [0.5, 0.6) is 0 Å². The fourth-order valence-electron chi connectivity index (χ4n) is 5.57. The molecule has 26 heavy (non-hydrogen) atoms. The molecule has 3 aliphatic rings. The molecule has 1 heterocycles. The van der Waals surface area contributed by atoms with Crippen molar-refractivity contribution in [1.82, 2.24) is 0 Å². The molecule has 3 fully saturated rings. The molecule has 0 aromatic heterocycles. The maximum absolute atomic E-state index is 6.34. The van der Waals surface area contributed by atoms with E-state index in [1.54, 1.807) is 0 Å². The van der Waals surface area contributed by atoms with Crippen LogP contribution in [0.25, 0.3) is 0 Å². The zero-order chi connectivity index (χ0) is 18.2. The van der Waals surface area contributed by atoms with Crippen LogP contribution in [0.4, 0.5) is 0 Å². The highest BCUT2D eigenvalue weighted by Crippen LogP contribution is 2.37. The van der Waals surface area contributed by atoms with Gasteiger partial charge >= 0.3 is 0 Å². The van der Waals surface area contributed by atoms with Gasteiger partial charge in [-0.3, -0.25) is 0 Å². The fraction of sp³-hybridized carbons (Fsp3) is 0.917. The minimum Gasteiger partial charge on any atom is -0.379 e. The Hall–Kier alpha value is -0.340. The Bertz CT molecular complexity index is 394. The number of ether oxygens (including phenoxy) is 2. The van der Waals surface area contributed by atoms with Crippen LogP contribution in [0, 0.1) is 23.7 Å². The lowest BCUT2D eigenvalue weighted by atomic mass is 9.76. The zero-order valence-electron chi connectivity index (χ0n) is 17.3. The summed E-state index contributed by atoms with van der Waals surface area (Å²) in [6, 6.07) is 0. The average molecular weight is 363 g/mol. The Morgan fingerprint density at radius 3 is 2.12 bits per heavy atom. The van der Waals surface area contributed by atoms with E-state index in [0.717, 1.165) is 31.0 Å². The van der Waals surface area contributed by atoms with Gasteiger partial charge in [-0.15, -0.1) is 0 Å². The van der Waals surface area contributed by atoms with Crippen LogP contribution >= 0.6 is 0 Å². The lowest BCUT2D eigenvalue weighted by Gasteiger charge is -2.37. The second kappa shape index (κ2) is 10.9. The van der Waals surface area contributed by atoms with E-state index in [1.165, 1.54) is 77.0 Å². The van der Waals surface area contributed by atoms with Gasteiger partial charge in [0.05, 0.1) is 18.8 Å². The summed E-state index contributed by atoms with van der Waals surface area (Å²) in [6.07, 6.45) is 22.3. The molecule has 2 nitrogen and oxygen atoms in total. The largest absolute Gasteiger partial charge is 0.379 e. The molecule has 0 radical (unpaired) electrons. The van der Waals surface area contributed by atoms with Gasteiger partial charge in [-0.05, 0) is 76.0 Å². The molecule has 0 aromatic rings. The normalized spacial score (nSPS) is 39.3. The molecule has 2 atom stereocenters. The molecule has 3 rings (SSSR count). The summed E-state index contributed by atoms with van der Waals surface area (Å²) in [6.45, 7) is 6.27. The topological polar surface area (TPSA) is 18.5 Å². The Morgan fingerprint density at radius 1 is 0.808 bits per heavy atom. The smallest absolute Gasteiger partial charge is 0.0603 e. The number of rotatable bonds is 7. The van der Waals surface area contributed by atoms with Crippen molar-refractivity contribution >= 4 is 0 Å². The second-order valence-corrected chi connectivity index (χ2v) is 9.16. The van der Waals surface area contributed by atoms with Crippen LogP contribution in [0.3, 0.4) is 0 Å². The van der Waals surface area contributed by atoms with Crippen molar-refractivity contribution in [2.24, 2.45) is 23.7 Å². The summed E-state index contributed by atoms with van der Waals surface area (Å²) in [5, 5.41) is 0. The van der Waals surface area contributed by atoms with E-state index in [4.69, 9.17) is 9.47 Å². The van der Waals surface area contributed by atoms with Crippen LogP contribution in [0.1, 0.15) is 90.9 Å². The molecule has 1 saturated heterocycles. The van der Waals surface area contributed by atoms with Gasteiger partial charge in [-0.25, -0.2) is 0 Å². The van der Waals surface area contributed by atoms with Crippen molar-refractivity contribution in [3.8, 4) is 0 Å². The first-order valence-corrected chi connectivity index (χ1v) is 11.7. The molecular weight excluding hydrogens is 320 g/mol. The zero-order valence-corrected chi connectivity index (χ0v) is 17.3. The maximum Gasteiger partial charge on any atom is 0.0603 e. The summed E-state index contributed by atoms with van der Waals surface area (Å²) >= 11 is 0.